The molecule has 0 fully saturated rings. The lowest BCUT2D eigenvalue weighted by Crippen LogP contribution is -2.21. The zero-order chi connectivity index (χ0) is 15.5. The van der Waals surface area contributed by atoms with Crippen molar-refractivity contribution in [1.29, 1.82) is 0 Å². The van der Waals surface area contributed by atoms with Crippen LogP contribution < -0.4 is 0 Å². The third-order valence-electron chi connectivity index (χ3n) is 2.91. The van der Waals surface area contributed by atoms with Gasteiger partial charge in [0.15, 0.2) is 0 Å². The van der Waals surface area contributed by atoms with Gasteiger partial charge in [0, 0.05) is 7.05 Å². The van der Waals surface area contributed by atoms with Crippen molar-refractivity contribution in [3.05, 3.63) is 65.5 Å². The van der Waals surface area contributed by atoms with E-state index in [4.69, 9.17) is 0 Å². The largest absolute Gasteiger partial charge is 0.278 e. The standard InChI is InChI=1S/C15H15FN2O2S/c1-12-3-9-15(10-4-12)21(19,20)18(2)17-11-13-5-7-14(16)8-6-13/h3-11H,1-2H3. The lowest BCUT2D eigenvalue weighted by Gasteiger charge is -2.13. The number of rotatable bonds is 4. The van der Waals surface area contributed by atoms with Gasteiger partial charge in [0.25, 0.3) is 10.0 Å². The highest BCUT2D eigenvalue weighted by Crippen LogP contribution is 2.15. The highest BCUT2D eigenvalue weighted by atomic mass is 32.2. The van der Waals surface area contributed by atoms with E-state index < -0.39 is 10.0 Å². The van der Waals surface area contributed by atoms with Crippen molar-refractivity contribution in [2.24, 2.45) is 5.10 Å². The number of nitrogens with zero attached hydrogens (tertiary/aromatic N) is 2. The summed E-state index contributed by atoms with van der Waals surface area (Å²) >= 11 is 0. The molecule has 110 valence electrons. The van der Waals surface area contributed by atoms with Gasteiger partial charge in [-0.05, 0) is 36.8 Å². The maximum Gasteiger partial charge on any atom is 0.278 e. The van der Waals surface area contributed by atoms with E-state index >= 15 is 0 Å². The van der Waals surface area contributed by atoms with E-state index in [0.29, 0.717) is 5.56 Å². The Bertz CT molecular complexity index is 738. The molecule has 2 aromatic carbocycles. The normalized spacial score (nSPS) is 11.8. The molecule has 2 aromatic rings. The molecule has 0 N–H and O–H groups in total. The Morgan fingerprint density at radius 2 is 1.62 bits per heavy atom. The second-order valence-electron chi connectivity index (χ2n) is 4.55. The van der Waals surface area contributed by atoms with Gasteiger partial charge in [0.1, 0.15) is 5.82 Å². The number of aryl methyl sites for hydroxylation is 1. The number of sulfonamides is 1. The summed E-state index contributed by atoms with van der Waals surface area (Å²) in [7, 11) is -2.32. The molecule has 0 aliphatic carbocycles. The Morgan fingerprint density at radius 1 is 1.05 bits per heavy atom. The fourth-order valence-electron chi connectivity index (χ4n) is 1.62. The van der Waals surface area contributed by atoms with Crippen LogP contribution in [0.2, 0.25) is 0 Å². The highest BCUT2D eigenvalue weighted by Gasteiger charge is 2.18. The Balaban J connectivity index is 2.20. The fraction of sp³-hybridized carbons (Fsp3) is 0.133. The van der Waals surface area contributed by atoms with Crippen molar-refractivity contribution >= 4 is 16.2 Å². The van der Waals surface area contributed by atoms with Crippen LogP contribution in [-0.4, -0.2) is 26.1 Å². The molecule has 0 saturated carbocycles. The first-order valence-electron chi connectivity index (χ1n) is 6.25. The molecule has 0 saturated heterocycles. The summed E-state index contributed by atoms with van der Waals surface area (Å²) in [6.07, 6.45) is 1.37. The average Bonchev–Trinajstić information content (AvgIpc) is 2.46. The van der Waals surface area contributed by atoms with Crippen molar-refractivity contribution in [2.45, 2.75) is 11.8 Å². The third-order valence-corrected chi connectivity index (χ3v) is 4.56. The minimum absolute atomic E-state index is 0.173. The molecule has 0 aliphatic rings. The number of benzene rings is 2. The summed E-state index contributed by atoms with van der Waals surface area (Å²) < 4.78 is 38.2. The lowest BCUT2D eigenvalue weighted by atomic mass is 10.2. The first-order chi connectivity index (χ1) is 9.89. The number of hydrogen-bond acceptors (Lipinski definition) is 3. The summed E-state index contributed by atoms with van der Waals surface area (Å²) in [6, 6.07) is 12.1. The summed E-state index contributed by atoms with van der Waals surface area (Å²) in [4.78, 5) is 0.173. The van der Waals surface area contributed by atoms with Gasteiger partial charge >= 0.3 is 0 Å². The minimum atomic E-state index is -3.67. The molecule has 4 nitrogen and oxygen atoms in total. The first kappa shape index (κ1) is 15.2. The summed E-state index contributed by atoms with van der Waals surface area (Å²) in [5.74, 6) is -0.354. The lowest BCUT2D eigenvalue weighted by molar-refractivity contribution is 0.491. The van der Waals surface area contributed by atoms with Crippen molar-refractivity contribution in [3.63, 3.8) is 0 Å². The third kappa shape index (κ3) is 3.66. The zero-order valence-corrected chi connectivity index (χ0v) is 12.5. The maximum atomic E-state index is 12.8. The van der Waals surface area contributed by atoms with E-state index in [0.717, 1.165) is 9.98 Å². The van der Waals surface area contributed by atoms with Crippen LogP contribution >= 0.6 is 0 Å². The molecule has 21 heavy (non-hydrogen) atoms. The van der Waals surface area contributed by atoms with Crippen LogP contribution in [0.15, 0.2) is 58.5 Å². The quantitative estimate of drug-likeness (QED) is 0.644. The molecule has 0 heterocycles. The molecule has 0 amide bonds. The summed E-state index contributed by atoms with van der Waals surface area (Å²) in [6.45, 7) is 1.88. The average molecular weight is 306 g/mol. The van der Waals surface area contributed by atoms with Gasteiger partial charge in [-0.3, -0.25) is 0 Å². The first-order valence-corrected chi connectivity index (χ1v) is 7.69. The smallest absolute Gasteiger partial charge is 0.207 e. The van der Waals surface area contributed by atoms with Crippen LogP contribution in [0.4, 0.5) is 4.39 Å². The Hall–Kier alpha value is -2.21. The van der Waals surface area contributed by atoms with Crippen molar-refractivity contribution in [1.82, 2.24) is 4.41 Å². The molecule has 2 rings (SSSR count). The van der Waals surface area contributed by atoms with Crippen molar-refractivity contribution in [2.75, 3.05) is 7.05 Å². The predicted molar refractivity (Wildman–Crippen MR) is 80.1 cm³/mol. The molecule has 0 bridgehead atoms. The van der Waals surface area contributed by atoms with E-state index in [2.05, 4.69) is 5.10 Å². The monoisotopic (exact) mass is 306 g/mol. The Kier molecular flexibility index (Phi) is 4.37. The van der Waals surface area contributed by atoms with Gasteiger partial charge in [-0.1, -0.05) is 29.8 Å². The number of hydrogen-bond donors (Lipinski definition) is 0. The summed E-state index contributed by atoms with van der Waals surface area (Å²) in [5.41, 5.74) is 1.59. The molecule has 0 aliphatic heterocycles. The topological polar surface area (TPSA) is 49.7 Å². The molecule has 0 atom stereocenters. The van der Waals surface area contributed by atoms with E-state index in [9.17, 15) is 12.8 Å². The highest BCUT2D eigenvalue weighted by molar-refractivity contribution is 7.89. The van der Waals surface area contributed by atoms with Gasteiger partial charge in [-0.2, -0.15) is 17.9 Å². The van der Waals surface area contributed by atoms with E-state index in [1.807, 2.05) is 6.92 Å². The van der Waals surface area contributed by atoms with Crippen molar-refractivity contribution < 1.29 is 12.8 Å². The number of halogens is 1. The zero-order valence-electron chi connectivity index (χ0n) is 11.7. The Labute approximate surface area is 123 Å². The predicted octanol–water partition coefficient (Wildman–Crippen LogP) is 2.79. The molecule has 0 unspecified atom stereocenters. The maximum absolute atomic E-state index is 12.8. The van der Waals surface area contributed by atoms with Gasteiger partial charge < -0.3 is 0 Å². The van der Waals surface area contributed by atoms with Gasteiger partial charge in [-0.25, -0.2) is 4.39 Å². The van der Waals surface area contributed by atoms with Crippen LogP contribution in [0.25, 0.3) is 0 Å². The van der Waals surface area contributed by atoms with E-state index in [1.54, 1.807) is 12.1 Å². The molecular formula is C15H15FN2O2S. The molecule has 0 spiro atoms. The minimum Gasteiger partial charge on any atom is -0.207 e. The Morgan fingerprint density at radius 3 is 2.19 bits per heavy atom. The summed E-state index contributed by atoms with van der Waals surface area (Å²) in [5, 5.41) is 3.89. The molecule has 6 heteroatoms. The van der Waals surface area contributed by atoms with Crippen molar-refractivity contribution in [3.8, 4) is 0 Å². The second-order valence-corrected chi connectivity index (χ2v) is 6.50. The van der Waals surface area contributed by atoms with Gasteiger partial charge in [0.2, 0.25) is 0 Å². The van der Waals surface area contributed by atoms with Crippen LogP contribution in [0.5, 0.6) is 0 Å². The van der Waals surface area contributed by atoms with Gasteiger partial charge in [-0.15, -0.1) is 0 Å². The molecular weight excluding hydrogens is 291 g/mol. The van der Waals surface area contributed by atoms with Crippen LogP contribution in [0, 0.1) is 12.7 Å². The van der Waals surface area contributed by atoms with Crippen LogP contribution in [0.3, 0.4) is 0 Å². The van der Waals surface area contributed by atoms with Crippen LogP contribution in [-0.2, 0) is 10.0 Å². The SMILES string of the molecule is Cc1ccc(S(=O)(=O)N(C)N=Cc2ccc(F)cc2)cc1. The second kappa shape index (κ2) is 6.05. The molecule has 0 aromatic heterocycles. The van der Waals surface area contributed by atoms with Crippen LogP contribution in [0.1, 0.15) is 11.1 Å². The molecule has 0 radical (unpaired) electrons. The van der Waals surface area contributed by atoms with E-state index in [1.165, 1.54) is 49.7 Å². The van der Waals surface area contributed by atoms with E-state index in [-0.39, 0.29) is 10.7 Å². The number of hydrazone groups is 1. The fourth-order valence-corrected chi connectivity index (χ4v) is 2.58. The van der Waals surface area contributed by atoms with Gasteiger partial charge in [0.05, 0.1) is 11.1 Å².